The van der Waals surface area contributed by atoms with Gasteiger partial charge >= 0.3 is 0 Å². The molecule has 90 valence electrons. The van der Waals surface area contributed by atoms with Crippen LogP contribution in [-0.4, -0.2) is 7.05 Å². The second kappa shape index (κ2) is 4.84. The summed E-state index contributed by atoms with van der Waals surface area (Å²) in [6, 6.07) is 12.0. The van der Waals surface area contributed by atoms with Crippen LogP contribution in [0.4, 0.5) is 20.2 Å². The van der Waals surface area contributed by atoms with Gasteiger partial charge in [-0.15, -0.1) is 0 Å². The molecule has 4 heteroatoms. The minimum absolute atomic E-state index is 0.00797. The molecule has 2 aromatic rings. The first-order chi connectivity index (χ1) is 8.61. The van der Waals surface area contributed by atoms with Gasteiger partial charge in [0.1, 0.15) is 17.7 Å². The summed E-state index contributed by atoms with van der Waals surface area (Å²) in [5, 5.41) is 8.65. The van der Waals surface area contributed by atoms with E-state index in [0.717, 1.165) is 0 Å². The van der Waals surface area contributed by atoms with Gasteiger partial charge in [0, 0.05) is 18.4 Å². The third kappa shape index (κ3) is 2.30. The van der Waals surface area contributed by atoms with Gasteiger partial charge < -0.3 is 4.90 Å². The number of nitrogens with zero attached hydrogens (tertiary/aromatic N) is 2. The van der Waals surface area contributed by atoms with E-state index >= 15 is 0 Å². The number of nitriles is 1. The van der Waals surface area contributed by atoms with Crippen molar-refractivity contribution in [2.24, 2.45) is 0 Å². The van der Waals surface area contributed by atoms with Crippen LogP contribution in [-0.2, 0) is 0 Å². The van der Waals surface area contributed by atoms with Crippen molar-refractivity contribution >= 4 is 11.4 Å². The number of anilines is 2. The zero-order valence-electron chi connectivity index (χ0n) is 9.69. The van der Waals surface area contributed by atoms with E-state index in [0.29, 0.717) is 11.4 Å². The predicted molar refractivity (Wildman–Crippen MR) is 65.6 cm³/mol. The number of hydrogen-bond acceptors (Lipinski definition) is 2. The third-order valence-corrected chi connectivity index (χ3v) is 2.66. The Morgan fingerprint density at radius 2 is 1.78 bits per heavy atom. The van der Waals surface area contributed by atoms with E-state index in [4.69, 9.17) is 5.26 Å². The summed E-state index contributed by atoms with van der Waals surface area (Å²) in [5.41, 5.74) is 1.16. The Labute approximate surface area is 104 Å². The van der Waals surface area contributed by atoms with Gasteiger partial charge in [0.15, 0.2) is 0 Å². The van der Waals surface area contributed by atoms with Gasteiger partial charge in [-0.25, -0.2) is 8.78 Å². The number of halogens is 2. The smallest absolute Gasteiger partial charge is 0.143 e. The van der Waals surface area contributed by atoms with Crippen LogP contribution in [0.25, 0.3) is 0 Å². The van der Waals surface area contributed by atoms with Crippen molar-refractivity contribution in [2.75, 3.05) is 11.9 Å². The predicted octanol–water partition coefficient (Wildman–Crippen LogP) is 3.60. The lowest BCUT2D eigenvalue weighted by molar-refractivity contribution is 0.623. The first-order valence-electron chi connectivity index (χ1n) is 5.31. The SMILES string of the molecule is CN(c1cccc(F)c1)c1ccc(C#N)c(F)c1. The van der Waals surface area contributed by atoms with E-state index in [1.165, 1.54) is 24.3 Å². The molecule has 0 fully saturated rings. The van der Waals surface area contributed by atoms with Gasteiger partial charge in [0.25, 0.3) is 0 Å². The zero-order chi connectivity index (χ0) is 13.1. The molecule has 0 aliphatic rings. The lowest BCUT2D eigenvalue weighted by atomic mass is 10.2. The van der Waals surface area contributed by atoms with Crippen molar-refractivity contribution in [3.05, 3.63) is 59.7 Å². The molecular weight excluding hydrogens is 234 g/mol. The van der Waals surface area contributed by atoms with E-state index in [1.807, 2.05) is 0 Å². The van der Waals surface area contributed by atoms with Gasteiger partial charge in [-0.1, -0.05) is 6.07 Å². The summed E-state index contributed by atoms with van der Waals surface area (Å²) in [6.45, 7) is 0. The maximum atomic E-state index is 13.5. The Hall–Kier alpha value is -2.41. The molecule has 0 radical (unpaired) electrons. The summed E-state index contributed by atoms with van der Waals surface area (Å²) < 4.78 is 26.6. The van der Waals surface area contributed by atoms with Gasteiger partial charge in [-0.05, 0) is 36.4 Å². The fraction of sp³-hybridized carbons (Fsp3) is 0.0714. The van der Waals surface area contributed by atoms with Gasteiger partial charge in [-0.3, -0.25) is 0 Å². The fourth-order valence-corrected chi connectivity index (χ4v) is 1.64. The van der Waals surface area contributed by atoms with E-state index in [-0.39, 0.29) is 11.4 Å². The molecule has 2 rings (SSSR count). The topological polar surface area (TPSA) is 27.0 Å². The number of benzene rings is 2. The Morgan fingerprint density at radius 3 is 2.39 bits per heavy atom. The molecule has 18 heavy (non-hydrogen) atoms. The number of hydrogen-bond donors (Lipinski definition) is 0. The van der Waals surface area contributed by atoms with E-state index < -0.39 is 5.82 Å². The molecule has 0 heterocycles. The van der Waals surface area contributed by atoms with E-state index in [1.54, 1.807) is 36.2 Å². The quantitative estimate of drug-likeness (QED) is 0.807. The first kappa shape index (κ1) is 12.1. The van der Waals surface area contributed by atoms with Crippen LogP contribution in [0.3, 0.4) is 0 Å². The van der Waals surface area contributed by atoms with Gasteiger partial charge in [-0.2, -0.15) is 5.26 Å². The Kier molecular flexibility index (Phi) is 3.24. The summed E-state index contributed by atoms with van der Waals surface area (Å²) in [4.78, 5) is 1.65. The van der Waals surface area contributed by atoms with Crippen LogP contribution < -0.4 is 4.90 Å². The molecular formula is C14H10F2N2. The monoisotopic (exact) mass is 244 g/mol. The van der Waals surface area contributed by atoms with Crippen LogP contribution >= 0.6 is 0 Å². The molecule has 0 bridgehead atoms. The summed E-state index contributed by atoms with van der Waals surface area (Å²) in [5.74, 6) is -0.938. The lowest BCUT2D eigenvalue weighted by Crippen LogP contribution is -2.10. The molecule has 0 saturated carbocycles. The molecule has 0 unspecified atom stereocenters. The summed E-state index contributed by atoms with van der Waals surface area (Å²) >= 11 is 0. The molecule has 0 spiro atoms. The molecule has 0 atom stereocenters. The summed E-state index contributed by atoms with van der Waals surface area (Å²) in [7, 11) is 1.70. The molecule has 0 amide bonds. The van der Waals surface area contributed by atoms with Crippen molar-refractivity contribution < 1.29 is 8.78 Å². The Morgan fingerprint density at radius 1 is 1.06 bits per heavy atom. The molecule has 2 nitrogen and oxygen atoms in total. The Bertz CT molecular complexity index is 617. The van der Waals surface area contributed by atoms with Crippen molar-refractivity contribution in [1.29, 1.82) is 5.26 Å². The Balaban J connectivity index is 2.38. The highest BCUT2D eigenvalue weighted by Crippen LogP contribution is 2.25. The molecule has 0 N–H and O–H groups in total. The average Bonchev–Trinajstić information content (AvgIpc) is 2.37. The molecule has 0 aromatic heterocycles. The minimum Gasteiger partial charge on any atom is -0.344 e. The largest absolute Gasteiger partial charge is 0.344 e. The van der Waals surface area contributed by atoms with Crippen LogP contribution in [0.2, 0.25) is 0 Å². The van der Waals surface area contributed by atoms with Crippen molar-refractivity contribution in [3.63, 3.8) is 0 Å². The molecule has 0 aliphatic carbocycles. The maximum absolute atomic E-state index is 13.5. The van der Waals surface area contributed by atoms with Crippen LogP contribution in [0.15, 0.2) is 42.5 Å². The van der Waals surface area contributed by atoms with Gasteiger partial charge in [0.05, 0.1) is 5.56 Å². The number of rotatable bonds is 2. The minimum atomic E-state index is -0.585. The average molecular weight is 244 g/mol. The normalized spacial score (nSPS) is 9.89. The molecule has 0 saturated heterocycles. The highest BCUT2D eigenvalue weighted by Gasteiger charge is 2.08. The van der Waals surface area contributed by atoms with E-state index in [2.05, 4.69) is 0 Å². The second-order valence-corrected chi connectivity index (χ2v) is 3.81. The van der Waals surface area contributed by atoms with Crippen molar-refractivity contribution in [3.8, 4) is 6.07 Å². The van der Waals surface area contributed by atoms with Crippen LogP contribution in [0.5, 0.6) is 0 Å². The summed E-state index contributed by atoms with van der Waals surface area (Å²) in [6.07, 6.45) is 0. The fourth-order valence-electron chi connectivity index (χ4n) is 1.64. The van der Waals surface area contributed by atoms with Crippen LogP contribution in [0.1, 0.15) is 5.56 Å². The highest BCUT2D eigenvalue weighted by atomic mass is 19.1. The van der Waals surface area contributed by atoms with Crippen molar-refractivity contribution in [2.45, 2.75) is 0 Å². The highest BCUT2D eigenvalue weighted by molar-refractivity contribution is 5.63. The standard InChI is InChI=1S/C14H10F2N2/c1-18(12-4-2-3-11(15)7-12)13-6-5-10(9-17)14(16)8-13/h2-8H,1H3. The third-order valence-electron chi connectivity index (χ3n) is 2.66. The van der Waals surface area contributed by atoms with E-state index in [9.17, 15) is 8.78 Å². The van der Waals surface area contributed by atoms with Crippen LogP contribution in [0, 0.1) is 23.0 Å². The lowest BCUT2D eigenvalue weighted by Gasteiger charge is -2.19. The molecule has 2 aromatic carbocycles. The first-order valence-corrected chi connectivity index (χ1v) is 5.31. The zero-order valence-corrected chi connectivity index (χ0v) is 9.69. The molecule has 0 aliphatic heterocycles. The maximum Gasteiger partial charge on any atom is 0.143 e. The van der Waals surface area contributed by atoms with Gasteiger partial charge in [0.2, 0.25) is 0 Å². The van der Waals surface area contributed by atoms with Crippen molar-refractivity contribution in [1.82, 2.24) is 0 Å². The second-order valence-electron chi connectivity index (χ2n) is 3.81.